The maximum absolute atomic E-state index is 11.3. The van der Waals surface area contributed by atoms with Gasteiger partial charge in [-0.3, -0.25) is 0 Å². The van der Waals surface area contributed by atoms with E-state index in [1.165, 1.54) is 31.3 Å². The summed E-state index contributed by atoms with van der Waals surface area (Å²) in [5.41, 5.74) is 0.994. The van der Waals surface area contributed by atoms with Gasteiger partial charge >= 0.3 is 0 Å². The SMILES string of the molecule is C=C[C@](O)(CC[C@@H](C)[C@H]1CC[C@H]2[C@@H]3[C@@H](O)C=C4C[C@@H](O)CC[C@]4(C)[C@H]3CC[C@]12C)C(C)C. The predicted octanol–water partition coefficient (Wildman–Crippen LogP) is 5.89. The minimum absolute atomic E-state index is 0.159. The summed E-state index contributed by atoms with van der Waals surface area (Å²) in [6.07, 6.45) is 12.8. The molecular weight excluding hydrogens is 396 g/mol. The molecule has 4 aliphatic rings. The van der Waals surface area contributed by atoms with Crippen LogP contribution < -0.4 is 0 Å². The summed E-state index contributed by atoms with van der Waals surface area (Å²) in [6, 6.07) is 0. The molecular formula is C29H48O3. The summed E-state index contributed by atoms with van der Waals surface area (Å²) in [4.78, 5) is 0. The molecule has 0 amide bonds. The molecule has 10 atom stereocenters. The number of hydrogen-bond acceptors (Lipinski definition) is 3. The number of rotatable bonds is 6. The van der Waals surface area contributed by atoms with E-state index in [0.29, 0.717) is 29.6 Å². The molecule has 3 fully saturated rings. The first-order chi connectivity index (χ1) is 15.0. The van der Waals surface area contributed by atoms with Crippen LogP contribution in [0.3, 0.4) is 0 Å². The normalized spacial score (nSPS) is 46.5. The average molecular weight is 445 g/mol. The molecule has 3 nitrogen and oxygen atoms in total. The Morgan fingerprint density at radius 2 is 1.81 bits per heavy atom. The molecule has 0 heterocycles. The highest BCUT2D eigenvalue weighted by atomic mass is 16.3. The van der Waals surface area contributed by atoms with E-state index in [2.05, 4.69) is 47.3 Å². The first-order valence-electron chi connectivity index (χ1n) is 13.4. The zero-order valence-electron chi connectivity index (χ0n) is 21.2. The fourth-order valence-corrected chi connectivity index (χ4v) is 8.89. The van der Waals surface area contributed by atoms with Crippen molar-refractivity contribution in [2.75, 3.05) is 0 Å². The Morgan fingerprint density at radius 3 is 2.47 bits per heavy atom. The van der Waals surface area contributed by atoms with Crippen LogP contribution in [-0.2, 0) is 0 Å². The zero-order chi connectivity index (χ0) is 23.5. The van der Waals surface area contributed by atoms with Crippen LogP contribution in [-0.4, -0.2) is 33.1 Å². The average Bonchev–Trinajstić information content (AvgIpc) is 3.10. The summed E-state index contributed by atoms with van der Waals surface area (Å²) in [5, 5.41) is 32.5. The van der Waals surface area contributed by atoms with Gasteiger partial charge in [-0.05, 0) is 104 Å². The predicted molar refractivity (Wildman–Crippen MR) is 131 cm³/mol. The van der Waals surface area contributed by atoms with Crippen LogP contribution in [0, 0.1) is 46.3 Å². The Labute approximate surface area is 196 Å². The van der Waals surface area contributed by atoms with Crippen molar-refractivity contribution < 1.29 is 15.3 Å². The van der Waals surface area contributed by atoms with E-state index >= 15 is 0 Å². The third kappa shape index (κ3) is 3.75. The standard InChI is InChI=1S/C29H48O3/c1-7-29(32,18(2)3)15-10-19(4)22-8-9-23-26-24(12-14-28(22,23)6)27(5)13-11-21(30)16-20(27)17-25(26)31/h7,17-19,21-26,30-32H,1,8-16H2,2-6H3/t19-,21+,22-,23+,24+,25+,26+,27+,28-,29+/m1/s1. The molecule has 3 saturated carbocycles. The van der Waals surface area contributed by atoms with Crippen LogP contribution in [0.5, 0.6) is 0 Å². The minimum atomic E-state index is -0.772. The molecule has 3 heteroatoms. The van der Waals surface area contributed by atoms with Gasteiger partial charge in [-0.2, -0.15) is 0 Å². The summed E-state index contributed by atoms with van der Waals surface area (Å²) < 4.78 is 0. The zero-order valence-corrected chi connectivity index (χ0v) is 21.2. The lowest BCUT2D eigenvalue weighted by molar-refractivity contribution is -0.0977. The maximum atomic E-state index is 11.3. The van der Waals surface area contributed by atoms with Crippen LogP contribution >= 0.6 is 0 Å². The summed E-state index contributed by atoms with van der Waals surface area (Å²) in [6.45, 7) is 15.4. The molecule has 3 N–H and O–H groups in total. The van der Waals surface area contributed by atoms with Crippen molar-refractivity contribution in [3.63, 3.8) is 0 Å². The lowest BCUT2D eigenvalue weighted by atomic mass is 9.46. The summed E-state index contributed by atoms with van der Waals surface area (Å²) >= 11 is 0. The second-order valence-electron chi connectivity index (χ2n) is 12.9. The molecule has 0 aliphatic heterocycles. The van der Waals surface area contributed by atoms with Gasteiger partial charge < -0.3 is 15.3 Å². The Morgan fingerprint density at radius 1 is 1.09 bits per heavy atom. The largest absolute Gasteiger partial charge is 0.393 e. The third-order valence-corrected chi connectivity index (χ3v) is 11.2. The van der Waals surface area contributed by atoms with Crippen molar-refractivity contribution >= 4 is 0 Å². The lowest BCUT2D eigenvalue weighted by Crippen LogP contribution is -2.55. The molecule has 0 aromatic carbocycles. The highest BCUT2D eigenvalue weighted by molar-refractivity contribution is 5.28. The molecule has 0 radical (unpaired) electrons. The highest BCUT2D eigenvalue weighted by Crippen LogP contribution is 2.67. The molecule has 0 saturated heterocycles. The number of aliphatic hydroxyl groups is 3. The quantitative estimate of drug-likeness (QED) is 0.448. The monoisotopic (exact) mass is 444 g/mol. The van der Waals surface area contributed by atoms with Gasteiger partial charge in [0.25, 0.3) is 0 Å². The van der Waals surface area contributed by atoms with Crippen molar-refractivity contribution in [2.24, 2.45) is 46.3 Å². The van der Waals surface area contributed by atoms with Gasteiger partial charge in [-0.15, -0.1) is 6.58 Å². The van der Waals surface area contributed by atoms with Crippen molar-refractivity contribution in [1.29, 1.82) is 0 Å². The molecule has 182 valence electrons. The number of fused-ring (bicyclic) bond motifs is 5. The molecule has 4 rings (SSSR count). The Kier molecular flexibility index (Phi) is 6.53. The Hall–Kier alpha value is -0.640. The molecule has 0 spiro atoms. The second kappa shape index (κ2) is 8.54. The van der Waals surface area contributed by atoms with Gasteiger partial charge in [0.15, 0.2) is 0 Å². The molecule has 0 aromatic rings. The van der Waals surface area contributed by atoms with Gasteiger partial charge in [-0.25, -0.2) is 0 Å². The Balaban J connectivity index is 1.53. The van der Waals surface area contributed by atoms with Crippen LogP contribution in [0.2, 0.25) is 0 Å². The van der Waals surface area contributed by atoms with E-state index in [9.17, 15) is 15.3 Å². The molecule has 0 unspecified atom stereocenters. The molecule has 0 bridgehead atoms. The molecule has 32 heavy (non-hydrogen) atoms. The van der Waals surface area contributed by atoms with Gasteiger partial charge in [0.1, 0.15) is 0 Å². The van der Waals surface area contributed by atoms with Gasteiger partial charge in [0.05, 0.1) is 17.8 Å². The third-order valence-electron chi connectivity index (χ3n) is 11.2. The highest BCUT2D eigenvalue weighted by Gasteiger charge is 2.61. The van der Waals surface area contributed by atoms with Gasteiger partial charge in [0, 0.05) is 0 Å². The van der Waals surface area contributed by atoms with E-state index in [1.54, 1.807) is 6.08 Å². The summed E-state index contributed by atoms with van der Waals surface area (Å²) in [7, 11) is 0. The first-order valence-corrected chi connectivity index (χ1v) is 13.4. The van der Waals surface area contributed by atoms with E-state index in [4.69, 9.17) is 0 Å². The summed E-state index contributed by atoms with van der Waals surface area (Å²) in [5.74, 6) is 2.89. The fourth-order valence-electron chi connectivity index (χ4n) is 8.89. The number of aliphatic hydroxyl groups excluding tert-OH is 2. The van der Waals surface area contributed by atoms with Crippen molar-refractivity contribution in [1.82, 2.24) is 0 Å². The smallest absolute Gasteiger partial charge is 0.0847 e. The molecule has 0 aromatic heterocycles. The van der Waals surface area contributed by atoms with E-state index in [-0.39, 0.29) is 29.0 Å². The fraction of sp³-hybridized carbons (Fsp3) is 0.862. The first kappa shape index (κ1) is 24.5. The van der Waals surface area contributed by atoms with Gasteiger partial charge in [-0.1, -0.05) is 52.3 Å². The topological polar surface area (TPSA) is 60.7 Å². The van der Waals surface area contributed by atoms with Crippen LogP contribution in [0.15, 0.2) is 24.3 Å². The van der Waals surface area contributed by atoms with E-state index < -0.39 is 5.60 Å². The number of hydrogen-bond donors (Lipinski definition) is 3. The second-order valence-corrected chi connectivity index (χ2v) is 12.9. The van der Waals surface area contributed by atoms with Crippen LogP contribution in [0.1, 0.15) is 92.4 Å². The maximum Gasteiger partial charge on any atom is 0.0847 e. The van der Waals surface area contributed by atoms with E-state index in [0.717, 1.165) is 32.1 Å². The van der Waals surface area contributed by atoms with Crippen LogP contribution in [0.4, 0.5) is 0 Å². The Bertz CT molecular complexity index is 743. The minimum Gasteiger partial charge on any atom is -0.393 e. The van der Waals surface area contributed by atoms with Crippen molar-refractivity contribution in [2.45, 2.75) is 110 Å². The van der Waals surface area contributed by atoms with E-state index in [1.807, 2.05) is 0 Å². The van der Waals surface area contributed by atoms with Crippen molar-refractivity contribution in [3.05, 3.63) is 24.3 Å². The van der Waals surface area contributed by atoms with Crippen molar-refractivity contribution in [3.8, 4) is 0 Å². The van der Waals surface area contributed by atoms with Crippen LogP contribution in [0.25, 0.3) is 0 Å². The van der Waals surface area contributed by atoms with Gasteiger partial charge in [0.2, 0.25) is 0 Å². The molecule has 4 aliphatic carbocycles. The lowest BCUT2D eigenvalue weighted by Gasteiger charge is -2.59.